The number of imidazole rings is 1. The summed E-state index contributed by atoms with van der Waals surface area (Å²) in [7, 11) is 0. The summed E-state index contributed by atoms with van der Waals surface area (Å²) in [4.78, 5) is 4.91. The van der Waals surface area contributed by atoms with Crippen LogP contribution in [0.5, 0.6) is 0 Å². The number of hydrogen-bond donors (Lipinski definition) is 0. The smallest absolute Gasteiger partial charge is 0.142 e. The number of aromatic nitrogens is 2. The van der Waals surface area contributed by atoms with Gasteiger partial charge in [0.2, 0.25) is 0 Å². The number of aryl methyl sites for hydroxylation is 1. The Labute approximate surface area is 167 Å². The van der Waals surface area contributed by atoms with Crippen LogP contribution in [0.25, 0.3) is 33.2 Å². The third kappa shape index (κ3) is 2.88. The summed E-state index contributed by atoms with van der Waals surface area (Å²) in [5, 5.41) is 2.15. The predicted molar refractivity (Wildman–Crippen MR) is 113 cm³/mol. The first-order chi connectivity index (χ1) is 14.1. The molecular weight excluding hydrogens is 366 g/mol. The lowest BCUT2D eigenvalue weighted by atomic mass is 10.0. The van der Waals surface area contributed by atoms with Crippen LogP contribution in [0.2, 0.25) is 0 Å². The van der Waals surface area contributed by atoms with Crippen LogP contribution in [-0.2, 0) is 6.54 Å². The van der Waals surface area contributed by atoms with E-state index in [0.717, 1.165) is 32.9 Å². The Hall–Kier alpha value is -3.53. The maximum absolute atomic E-state index is 14.4. The SMILES string of the molecule is Cc1cccc2c1nc(-c1cccc3ccccc13)n2Cc1c(F)cccc1F. The molecule has 0 aliphatic rings. The molecule has 0 amide bonds. The zero-order chi connectivity index (χ0) is 20.0. The summed E-state index contributed by atoms with van der Waals surface area (Å²) in [6.07, 6.45) is 0. The molecule has 1 heterocycles. The topological polar surface area (TPSA) is 17.8 Å². The van der Waals surface area contributed by atoms with Crippen molar-refractivity contribution >= 4 is 21.8 Å². The van der Waals surface area contributed by atoms with E-state index in [0.29, 0.717) is 5.82 Å². The minimum absolute atomic E-state index is 0.0368. The number of nitrogens with zero attached hydrogens (tertiary/aromatic N) is 2. The molecule has 2 nitrogen and oxygen atoms in total. The molecule has 1 aromatic heterocycles. The number of halogens is 2. The van der Waals surface area contributed by atoms with Crippen LogP contribution in [-0.4, -0.2) is 9.55 Å². The van der Waals surface area contributed by atoms with Gasteiger partial charge in [-0.15, -0.1) is 0 Å². The molecule has 0 unspecified atom stereocenters. The van der Waals surface area contributed by atoms with E-state index in [9.17, 15) is 8.78 Å². The van der Waals surface area contributed by atoms with Crippen molar-refractivity contribution in [3.63, 3.8) is 0 Å². The fourth-order valence-electron chi connectivity index (χ4n) is 3.91. The molecule has 0 fully saturated rings. The number of fused-ring (bicyclic) bond motifs is 2. The second kappa shape index (κ2) is 6.82. The highest BCUT2D eigenvalue weighted by Gasteiger charge is 2.18. The lowest BCUT2D eigenvalue weighted by Crippen LogP contribution is -2.06. The van der Waals surface area contributed by atoms with Gasteiger partial charge in [0.1, 0.15) is 17.5 Å². The quantitative estimate of drug-likeness (QED) is 0.348. The Morgan fingerprint density at radius 3 is 2.31 bits per heavy atom. The normalized spacial score (nSPS) is 11.4. The number of para-hydroxylation sites is 1. The molecule has 29 heavy (non-hydrogen) atoms. The number of rotatable bonds is 3. The standard InChI is InChI=1S/C25H18F2N2/c1-16-7-4-14-23-24(16)28-25(19-11-5-9-17-8-2-3-10-18(17)19)29(23)15-20-21(26)12-6-13-22(20)27/h2-14H,15H2,1H3. The average Bonchev–Trinajstić information content (AvgIpc) is 3.10. The van der Waals surface area contributed by atoms with Crippen molar-refractivity contribution in [2.75, 3.05) is 0 Å². The first-order valence-electron chi connectivity index (χ1n) is 9.50. The summed E-state index contributed by atoms with van der Waals surface area (Å²) in [6, 6.07) is 24.0. The molecule has 0 radical (unpaired) electrons. The van der Waals surface area contributed by atoms with Crippen molar-refractivity contribution < 1.29 is 8.78 Å². The van der Waals surface area contributed by atoms with Crippen molar-refractivity contribution in [3.05, 3.63) is 102 Å². The lowest BCUT2D eigenvalue weighted by Gasteiger charge is -2.13. The molecule has 4 heteroatoms. The van der Waals surface area contributed by atoms with Gasteiger partial charge in [0.05, 0.1) is 17.6 Å². The predicted octanol–water partition coefficient (Wildman–Crippen LogP) is 6.49. The van der Waals surface area contributed by atoms with Crippen molar-refractivity contribution in [1.82, 2.24) is 9.55 Å². The zero-order valence-corrected chi connectivity index (χ0v) is 15.9. The largest absolute Gasteiger partial charge is 0.319 e. The van der Waals surface area contributed by atoms with Crippen LogP contribution >= 0.6 is 0 Å². The zero-order valence-electron chi connectivity index (χ0n) is 15.9. The van der Waals surface area contributed by atoms with E-state index in [1.54, 1.807) is 0 Å². The Kier molecular flexibility index (Phi) is 4.13. The maximum Gasteiger partial charge on any atom is 0.142 e. The van der Waals surface area contributed by atoms with Crippen molar-refractivity contribution in [2.45, 2.75) is 13.5 Å². The van der Waals surface area contributed by atoms with Crippen LogP contribution in [0.3, 0.4) is 0 Å². The summed E-state index contributed by atoms with van der Waals surface area (Å²) in [6.45, 7) is 2.06. The molecule has 0 bridgehead atoms. The van der Waals surface area contributed by atoms with Gasteiger partial charge in [0, 0.05) is 11.1 Å². The van der Waals surface area contributed by atoms with Gasteiger partial charge in [-0.25, -0.2) is 13.8 Å². The van der Waals surface area contributed by atoms with E-state index in [1.165, 1.54) is 18.2 Å². The minimum atomic E-state index is -0.552. The van der Waals surface area contributed by atoms with Gasteiger partial charge in [-0.3, -0.25) is 0 Å². The molecule has 142 valence electrons. The molecule has 0 spiro atoms. The molecule has 0 atom stereocenters. The Morgan fingerprint density at radius 1 is 0.793 bits per heavy atom. The van der Waals surface area contributed by atoms with Gasteiger partial charge in [-0.2, -0.15) is 0 Å². The number of benzene rings is 4. The van der Waals surface area contributed by atoms with Crippen LogP contribution in [0.4, 0.5) is 8.78 Å². The monoisotopic (exact) mass is 384 g/mol. The van der Waals surface area contributed by atoms with Gasteiger partial charge >= 0.3 is 0 Å². The van der Waals surface area contributed by atoms with Gasteiger partial charge in [-0.05, 0) is 41.5 Å². The summed E-state index contributed by atoms with van der Waals surface area (Å²) < 4.78 is 30.8. The van der Waals surface area contributed by atoms with E-state index in [4.69, 9.17) is 4.98 Å². The molecular formula is C25H18F2N2. The van der Waals surface area contributed by atoms with Crippen LogP contribution in [0.15, 0.2) is 78.9 Å². The highest BCUT2D eigenvalue weighted by atomic mass is 19.1. The molecule has 4 aromatic carbocycles. The third-order valence-electron chi connectivity index (χ3n) is 5.39. The van der Waals surface area contributed by atoms with E-state index in [-0.39, 0.29) is 12.1 Å². The maximum atomic E-state index is 14.4. The van der Waals surface area contributed by atoms with Crippen molar-refractivity contribution in [3.8, 4) is 11.4 Å². The van der Waals surface area contributed by atoms with Crippen LogP contribution < -0.4 is 0 Å². The van der Waals surface area contributed by atoms with Crippen LogP contribution in [0, 0.1) is 18.6 Å². The first kappa shape index (κ1) is 17.6. The summed E-state index contributed by atoms with van der Waals surface area (Å²) in [5.74, 6) is -0.402. The van der Waals surface area contributed by atoms with Gasteiger partial charge in [-0.1, -0.05) is 60.7 Å². The van der Waals surface area contributed by atoms with Gasteiger partial charge in [0.25, 0.3) is 0 Å². The minimum Gasteiger partial charge on any atom is -0.319 e. The highest BCUT2D eigenvalue weighted by molar-refractivity contribution is 5.97. The fraction of sp³-hybridized carbons (Fsp3) is 0.0800. The van der Waals surface area contributed by atoms with Gasteiger partial charge < -0.3 is 4.57 Å². The molecule has 0 aliphatic carbocycles. The average molecular weight is 384 g/mol. The Bertz CT molecular complexity index is 1340. The molecule has 0 aliphatic heterocycles. The third-order valence-corrected chi connectivity index (χ3v) is 5.39. The van der Waals surface area contributed by atoms with Gasteiger partial charge in [0.15, 0.2) is 0 Å². The van der Waals surface area contributed by atoms with Crippen molar-refractivity contribution in [1.29, 1.82) is 0 Å². The van der Waals surface area contributed by atoms with E-state index >= 15 is 0 Å². The second-order valence-electron chi connectivity index (χ2n) is 7.19. The summed E-state index contributed by atoms with van der Waals surface area (Å²) in [5.41, 5.74) is 3.70. The van der Waals surface area contributed by atoms with E-state index in [1.807, 2.05) is 72.2 Å². The summed E-state index contributed by atoms with van der Waals surface area (Å²) >= 11 is 0. The Balaban J connectivity index is 1.82. The lowest BCUT2D eigenvalue weighted by molar-refractivity contribution is 0.547. The molecule has 0 saturated carbocycles. The Morgan fingerprint density at radius 2 is 1.48 bits per heavy atom. The second-order valence-corrected chi connectivity index (χ2v) is 7.19. The van der Waals surface area contributed by atoms with E-state index < -0.39 is 11.6 Å². The fourth-order valence-corrected chi connectivity index (χ4v) is 3.91. The molecule has 5 aromatic rings. The highest BCUT2D eigenvalue weighted by Crippen LogP contribution is 2.32. The molecule has 5 rings (SSSR count). The van der Waals surface area contributed by atoms with E-state index in [2.05, 4.69) is 0 Å². The molecule has 0 N–H and O–H groups in total. The molecule has 0 saturated heterocycles. The van der Waals surface area contributed by atoms with Crippen LogP contribution in [0.1, 0.15) is 11.1 Å². The number of hydrogen-bond acceptors (Lipinski definition) is 1. The first-order valence-corrected chi connectivity index (χ1v) is 9.50. The van der Waals surface area contributed by atoms with Crippen molar-refractivity contribution in [2.24, 2.45) is 0 Å².